The Morgan fingerprint density at radius 3 is 2.60 bits per heavy atom. The number of Topliss-reactive ketones (excluding diaryl/α,β-unsaturated/α-hetero) is 1. The molecule has 4 rings (SSSR count). The van der Waals surface area contributed by atoms with Gasteiger partial charge in [-0.2, -0.15) is 5.26 Å². The molecule has 2 N–H and O–H groups in total. The molecule has 1 aliphatic carbocycles. The minimum absolute atomic E-state index is 0.0180. The molecule has 0 fully saturated rings. The summed E-state index contributed by atoms with van der Waals surface area (Å²) in [5.41, 5.74) is 7.37. The summed E-state index contributed by atoms with van der Waals surface area (Å²) < 4.78 is 11.7. The number of carbonyl (C=O) groups excluding carboxylic acids is 1. The van der Waals surface area contributed by atoms with E-state index >= 15 is 0 Å². The molecule has 0 spiro atoms. The molecule has 30 heavy (non-hydrogen) atoms. The van der Waals surface area contributed by atoms with Crippen LogP contribution in [0.5, 0.6) is 11.5 Å². The molecule has 2 aromatic rings. The first kappa shape index (κ1) is 20.1. The zero-order valence-corrected chi connectivity index (χ0v) is 17.5. The summed E-state index contributed by atoms with van der Waals surface area (Å²) in [6, 6.07) is 16.5. The van der Waals surface area contributed by atoms with Crippen molar-refractivity contribution in [2.45, 2.75) is 32.6 Å². The minimum atomic E-state index is -0.573. The summed E-state index contributed by atoms with van der Waals surface area (Å²) in [6.07, 6.45) is 0.982. The maximum absolute atomic E-state index is 13.0. The molecule has 6 heteroatoms. The molecular formula is C24H21ClN2O3. The summed E-state index contributed by atoms with van der Waals surface area (Å²) >= 11 is 5.93. The number of ether oxygens (including phenoxy) is 2. The highest BCUT2D eigenvalue weighted by Crippen LogP contribution is 2.48. The van der Waals surface area contributed by atoms with Crippen molar-refractivity contribution in [3.8, 4) is 17.6 Å². The van der Waals surface area contributed by atoms with Gasteiger partial charge in [-0.05, 0) is 47.4 Å². The molecule has 1 unspecified atom stereocenters. The van der Waals surface area contributed by atoms with Crippen LogP contribution < -0.4 is 10.5 Å². The third-order valence-electron chi connectivity index (χ3n) is 5.32. The van der Waals surface area contributed by atoms with Gasteiger partial charge in [-0.1, -0.05) is 37.6 Å². The molecule has 2 aromatic carbocycles. The first-order valence-corrected chi connectivity index (χ1v) is 10.0. The Kier molecular flexibility index (Phi) is 5.05. The van der Waals surface area contributed by atoms with Crippen LogP contribution in [0.4, 0.5) is 0 Å². The Hall–Kier alpha value is -3.23. The Bertz CT molecular complexity index is 1120. The molecule has 152 valence electrons. The van der Waals surface area contributed by atoms with E-state index in [1.807, 2.05) is 38.1 Å². The van der Waals surface area contributed by atoms with Gasteiger partial charge in [0.2, 0.25) is 5.88 Å². The molecular weight excluding hydrogens is 400 g/mol. The van der Waals surface area contributed by atoms with Crippen LogP contribution in [0.15, 0.2) is 71.3 Å². The number of halogens is 1. The highest BCUT2D eigenvalue weighted by Gasteiger charge is 2.43. The fourth-order valence-corrected chi connectivity index (χ4v) is 4.14. The van der Waals surface area contributed by atoms with Gasteiger partial charge in [-0.3, -0.25) is 4.79 Å². The molecule has 0 amide bonds. The molecule has 0 radical (unpaired) electrons. The second-order valence-corrected chi connectivity index (χ2v) is 8.77. The number of allylic oxidation sites excluding steroid dienone is 3. The highest BCUT2D eigenvalue weighted by molar-refractivity contribution is 6.30. The number of nitriles is 1. The van der Waals surface area contributed by atoms with E-state index in [-0.39, 0.29) is 22.7 Å². The van der Waals surface area contributed by atoms with Gasteiger partial charge >= 0.3 is 0 Å². The van der Waals surface area contributed by atoms with Gasteiger partial charge in [-0.25, -0.2) is 0 Å². The summed E-state index contributed by atoms with van der Waals surface area (Å²) in [5.74, 6) is 1.24. The van der Waals surface area contributed by atoms with Gasteiger partial charge in [0.15, 0.2) is 5.78 Å². The average Bonchev–Trinajstić information content (AvgIpc) is 2.68. The fraction of sp³-hybridized carbons (Fsp3) is 0.250. The SMILES string of the molecule is CC1(C)CC(=O)C2=C(C1)OC(N)=C(C#N)C2c1cccc(Oc2ccc(Cl)cc2)c1. The zero-order chi connectivity index (χ0) is 21.5. The summed E-state index contributed by atoms with van der Waals surface area (Å²) in [5, 5.41) is 10.4. The van der Waals surface area contributed by atoms with E-state index in [1.165, 1.54) is 0 Å². The van der Waals surface area contributed by atoms with Crippen molar-refractivity contribution in [3.63, 3.8) is 0 Å². The number of nitrogens with zero attached hydrogens (tertiary/aromatic N) is 1. The number of rotatable bonds is 3. The van der Waals surface area contributed by atoms with Crippen molar-refractivity contribution in [1.82, 2.24) is 0 Å². The van der Waals surface area contributed by atoms with Gasteiger partial charge in [0.1, 0.15) is 28.9 Å². The van der Waals surface area contributed by atoms with Crippen LogP contribution >= 0.6 is 11.6 Å². The molecule has 0 saturated carbocycles. The Morgan fingerprint density at radius 1 is 1.17 bits per heavy atom. The predicted octanol–water partition coefficient (Wildman–Crippen LogP) is 5.58. The topological polar surface area (TPSA) is 85.3 Å². The Labute approximate surface area is 180 Å². The third-order valence-corrected chi connectivity index (χ3v) is 5.57. The van der Waals surface area contributed by atoms with Crippen LogP contribution in [0, 0.1) is 16.7 Å². The van der Waals surface area contributed by atoms with Crippen LogP contribution in [0.25, 0.3) is 0 Å². The molecule has 2 aliphatic rings. The van der Waals surface area contributed by atoms with Crippen molar-refractivity contribution < 1.29 is 14.3 Å². The molecule has 0 aromatic heterocycles. The second-order valence-electron chi connectivity index (χ2n) is 8.33. The van der Waals surface area contributed by atoms with Gasteiger partial charge in [0, 0.05) is 23.4 Å². The normalized spacial score (nSPS) is 20.3. The quantitative estimate of drug-likeness (QED) is 0.700. The largest absolute Gasteiger partial charge is 0.457 e. The third kappa shape index (κ3) is 3.79. The van der Waals surface area contributed by atoms with E-state index in [4.69, 9.17) is 26.8 Å². The van der Waals surface area contributed by atoms with Crippen LogP contribution in [0.1, 0.15) is 38.2 Å². The van der Waals surface area contributed by atoms with E-state index in [0.29, 0.717) is 40.7 Å². The van der Waals surface area contributed by atoms with E-state index in [9.17, 15) is 10.1 Å². The summed E-state index contributed by atoms with van der Waals surface area (Å²) in [6.45, 7) is 4.04. The lowest BCUT2D eigenvalue weighted by Crippen LogP contribution is -2.33. The maximum Gasteiger partial charge on any atom is 0.205 e. The number of carbonyl (C=O) groups is 1. The predicted molar refractivity (Wildman–Crippen MR) is 114 cm³/mol. The summed E-state index contributed by atoms with van der Waals surface area (Å²) in [4.78, 5) is 13.0. The zero-order valence-electron chi connectivity index (χ0n) is 16.7. The number of nitrogens with two attached hydrogens (primary N) is 1. The average molecular weight is 421 g/mol. The van der Waals surface area contributed by atoms with Gasteiger partial charge in [-0.15, -0.1) is 0 Å². The monoisotopic (exact) mass is 420 g/mol. The number of hydrogen-bond donors (Lipinski definition) is 1. The number of hydrogen-bond acceptors (Lipinski definition) is 5. The van der Waals surface area contributed by atoms with Crippen molar-refractivity contribution in [1.29, 1.82) is 5.26 Å². The van der Waals surface area contributed by atoms with Gasteiger partial charge < -0.3 is 15.2 Å². The maximum atomic E-state index is 13.0. The minimum Gasteiger partial charge on any atom is -0.457 e. The lowest BCUT2D eigenvalue weighted by atomic mass is 9.70. The number of benzene rings is 2. The fourth-order valence-electron chi connectivity index (χ4n) is 4.01. The Morgan fingerprint density at radius 2 is 1.90 bits per heavy atom. The van der Waals surface area contributed by atoms with Crippen LogP contribution in [0.2, 0.25) is 5.02 Å². The van der Waals surface area contributed by atoms with Crippen molar-refractivity contribution in [2.75, 3.05) is 0 Å². The Balaban J connectivity index is 1.76. The van der Waals surface area contributed by atoms with Gasteiger partial charge in [0.25, 0.3) is 0 Å². The number of ketones is 1. The standard InChI is InChI=1S/C24H21ClN2O3/c1-24(2)11-19(28)22-20(12-24)30-23(27)18(13-26)21(22)14-4-3-5-17(10-14)29-16-8-6-15(25)7-9-16/h3-10,21H,11-12,27H2,1-2H3. The van der Waals surface area contributed by atoms with E-state index in [2.05, 4.69) is 6.07 Å². The molecule has 1 heterocycles. The highest BCUT2D eigenvalue weighted by atomic mass is 35.5. The van der Waals surface area contributed by atoms with Crippen LogP contribution in [0.3, 0.4) is 0 Å². The van der Waals surface area contributed by atoms with E-state index in [1.54, 1.807) is 24.3 Å². The van der Waals surface area contributed by atoms with Crippen molar-refractivity contribution >= 4 is 17.4 Å². The van der Waals surface area contributed by atoms with Gasteiger partial charge in [0.05, 0.1) is 5.92 Å². The van der Waals surface area contributed by atoms with Crippen LogP contribution in [-0.4, -0.2) is 5.78 Å². The smallest absolute Gasteiger partial charge is 0.205 e. The van der Waals surface area contributed by atoms with E-state index in [0.717, 1.165) is 5.56 Å². The first-order valence-electron chi connectivity index (χ1n) is 9.64. The lowest BCUT2D eigenvalue weighted by molar-refractivity contribution is -0.119. The molecule has 5 nitrogen and oxygen atoms in total. The molecule has 0 bridgehead atoms. The van der Waals surface area contributed by atoms with E-state index < -0.39 is 5.92 Å². The summed E-state index contributed by atoms with van der Waals surface area (Å²) in [7, 11) is 0. The van der Waals surface area contributed by atoms with Crippen LogP contribution in [-0.2, 0) is 9.53 Å². The van der Waals surface area contributed by atoms with Crippen molar-refractivity contribution in [2.24, 2.45) is 11.1 Å². The lowest BCUT2D eigenvalue weighted by Gasteiger charge is -2.37. The van der Waals surface area contributed by atoms with Crippen molar-refractivity contribution in [3.05, 3.63) is 81.9 Å². The molecule has 0 saturated heterocycles. The molecule has 1 atom stereocenters. The second kappa shape index (κ2) is 7.55. The molecule has 1 aliphatic heterocycles. The first-order chi connectivity index (χ1) is 14.3.